The van der Waals surface area contributed by atoms with Gasteiger partial charge in [0.05, 0.1) is 25.2 Å². The summed E-state index contributed by atoms with van der Waals surface area (Å²) in [5.41, 5.74) is 0.622. The molecule has 2 rings (SSSR count). The van der Waals surface area contributed by atoms with E-state index in [1.807, 2.05) is 0 Å². The fourth-order valence-electron chi connectivity index (χ4n) is 3.19. The van der Waals surface area contributed by atoms with Crippen molar-refractivity contribution in [1.82, 2.24) is 14.9 Å². The molecule has 6 nitrogen and oxygen atoms in total. The average molecular weight is 332 g/mol. The van der Waals surface area contributed by atoms with Crippen molar-refractivity contribution in [1.29, 1.82) is 0 Å². The summed E-state index contributed by atoms with van der Waals surface area (Å²) in [6, 6.07) is 0.294. The zero-order chi connectivity index (χ0) is 17.4. The Morgan fingerprint density at radius 2 is 2.17 bits per heavy atom. The van der Waals surface area contributed by atoms with Crippen LogP contribution in [0, 0.1) is 5.92 Å². The molecule has 0 saturated heterocycles. The molecule has 1 saturated carbocycles. The smallest absolute Gasteiger partial charge is 0.330 e. The van der Waals surface area contributed by atoms with Crippen LogP contribution in [0.3, 0.4) is 0 Å². The first-order chi connectivity index (χ1) is 11.6. The number of hydrogen-bond acceptors (Lipinski definition) is 6. The number of likely N-dealkylation sites (N-methyl/N-ethyl adjacent to an activating group) is 1. The monoisotopic (exact) mass is 332 g/mol. The predicted molar refractivity (Wildman–Crippen MR) is 95.6 cm³/mol. The molecule has 1 fully saturated rings. The summed E-state index contributed by atoms with van der Waals surface area (Å²) in [6.07, 6.45) is 11.8. The molecule has 0 radical (unpaired) electrons. The van der Waals surface area contributed by atoms with Crippen LogP contribution in [0.15, 0.2) is 18.5 Å². The second-order valence-electron chi connectivity index (χ2n) is 6.60. The summed E-state index contributed by atoms with van der Waals surface area (Å²) in [5, 5.41) is 3.37. The topological polar surface area (TPSA) is 67.3 Å². The number of hydrogen-bond donors (Lipinski definition) is 1. The minimum absolute atomic E-state index is 0.294. The number of carbonyl (C=O) groups is 1. The number of aromatic nitrogens is 2. The van der Waals surface area contributed by atoms with Gasteiger partial charge < -0.3 is 15.0 Å². The number of nitrogens with one attached hydrogen (secondary N) is 1. The molecule has 0 bridgehead atoms. The Balaban J connectivity index is 1.77. The highest BCUT2D eigenvalue weighted by Crippen LogP contribution is 2.25. The number of rotatable bonds is 8. The van der Waals surface area contributed by atoms with Crippen molar-refractivity contribution in [3.8, 4) is 0 Å². The van der Waals surface area contributed by atoms with E-state index in [2.05, 4.69) is 38.9 Å². The molecule has 24 heavy (non-hydrogen) atoms. The Bertz CT molecular complexity index is 538. The molecule has 1 aromatic rings. The van der Waals surface area contributed by atoms with Gasteiger partial charge in [0.25, 0.3) is 0 Å². The zero-order valence-corrected chi connectivity index (χ0v) is 14.9. The van der Waals surface area contributed by atoms with Gasteiger partial charge in [-0.05, 0) is 38.8 Å². The quantitative estimate of drug-likeness (QED) is 0.583. The highest BCUT2D eigenvalue weighted by Gasteiger charge is 2.17. The molecular weight excluding hydrogens is 304 g/mol. The molecule has 0 aromatic carbocycles. The number of anilines is 1. The number of nitrogens with zero attached hydrogens (tertiary/aromatic N) is 3. The van der Waals surface area contributed by atoms with Crippen molar-refractivity contribution in [3.05, 3.63) is 24.2 Å². The molecule has 1 aromatic heterocycles. The predicted octanol–water partition coefficient (Wildman–Crippen LogP) is 2.59. The van der Waals surface area contributed by atoms with E-state index in [1.54, 1.807) is 18.5 Å². The molecule has 0 spiro atoms. The lowest BCUT2D eigenvalue weighted by Gasteiger charge is -2.25. The number of esters is 1. The highest BCUT2D eigenvalue weighted by atomic mass is 16.5. The van der Waals surface area contributed by atoms with Crippen molar-refractivity contribution in [2.75, 3.05) is 32.6 Å². The number of methoxy groups -OCH3 is 1. The van der Waals surface area contributed by atoms with E-state index in [1.165, 1.54) is 45.4 Å². The molecule has 0 unspecified atom stereocenters. The minimum Gasteiger partial charge on any atom is -0.466 e. The van der Waals surface area contributed by atoms with Gasteiger partial charge in [-0.15, -0.1) is 0 Å². The summed E-state index contributed by atoms with van der Waals surface area (Å²) < 4.78 is 4.54. The fourth-order valence-corrected chi connectivity index (χ4v) is 3.19. The Morgan fingerprint density at radius 3 is 2.79 bits per heavy atom. The molecular formula is C18H28N4O2. The van der Waals surface area contributed by atoms with Crippen LogP contribution in [-0.4, -0.2) is 54.1 Å². The summed E-state index contributed by atoms with van der Waals surface area (Å²) >= 11 is 0. The standard InChI is InChI=1S/C18H28N4O2/c1-14(12-22(2)13-15-6-4-5-7-15)21-17-11-19-16(10-20-17)8-9-18(23)24-3/h8-11,14-15H,4-7,12-13H2,1-3H3,(H,20,21)/t14-/m1/s1. The lowest BCUT2D eigenvalue weighted by Crippen LogP contribution is -2.35. The Hall–Kier alpha value is -1.95. The van der Waals surface area contributed by atoms with Crippen LogP contribution < -0.4 is 5.32 Å². The molecule has 1 aliphatic carbocycles. The summed E-state index contributed by atoms with van der Waals surface area (Å²) in [5.74, 6) is 1.20. The first-order valence-corrected chi connectivity index (χ1v) is 8.60. The van der Waals surface area contributed by atoms with Crippen LogP contribution in [0.2, 0.25) is 0 Å². The lowest BCUT2D eigenvalue weighted by atomic mass is 10.1. The van der Waals surface area contributed by atoms with Crippen LogP contribution in [0.5, 0.6) is 0 Å². The van der Waals surface area contributed by atoms with E-state index in [4.69, 9.17) is 0 Å². The third-order valence-corrected chi connectivity index (χ3v) is 4.29. The fraction of sp³-hybridized carbons (Fsp3) is 0.611. The summed E-state index contributed by atoms with van der Waals surface area (Å²) in [4.78, 5) is 22.1. The molecule has 1 heterocycles. The molecule has 1 atom stereocenters. The van der Waals surface area contributed by atoms with Crippen LogP contribution in [0.4, 0.5) is 5.82 Å². The minimum atomic E-state index is -0.405. The highest BCUT2D eigenvalue weighted by molar-refractivity contribution is 5.86. The summed E-state index contributed by atoms with van der Waals surface area (Å²) in [6.45, 7) is 4.30. The average Bonchev–Trinajstić information content (AvgIpc) is 3.06. The van der Waals surface area contributed by atoms with Gasteiger partial charge in [0, 0.05) is 25.2 Å². The van der Waals surface area contributed by atoms with Crippen LogP contribution in [0.25, 0.3) is 6.08 Å². The summed E-state index contributed by atoms with van der Waals surface area (Å²) in [7, 11) is 3.53. The SMILES string of the molecule is COC(=O)C=Cc1cnc(N[C@H](C)CN(C)CC2CCCC2)cn1. The first kappa shape index (κ1) is 18.4. The largest absolute Gasteiger partial charge is 0.466 e. The maximum Gasteiger partial charge on any atom is 0.330 e. The van der Waals surface area contributed by atoms with Gasteiger partial charge in [-0.3, -0.25) is 4.98 Å². The molecule has 0 aliphatic heterocycles. The van der Waals surface area contributed by atoms with Gasteiger partial charge in [0.2, 0.25) is 0 Å². The van der Waals surface area contributed by atoms with Crippen molar-refractivity contribution < 1.29 is 9.53 Å². The zero-order valence-electron chi connectivity index (χ0n) is 14.9. The normalized spacial score (nSPS) is 16.7. The van der Waals surface area contributed by atoms with Crippen LogP contribution >= 0.6 is 0 Å². The van der Waals surface area contributed by atoms with Crippen molar-refractivity contribution in [2.24, 2.45) is 5.92 Å². The van der Waals surface area contributed by atoms with Crippen molar-refractivity contribution >= 4 is 17.9 Å². The second kappa shape index (κ2) is 9.37. The Labute approximate surface area is 144 Å². The van der Waals surface area contributed by atoms with Gasteiger partial charge in [-0.25, -0.2) is 9.78 Å². The van der Waals surface area contributed by atoms with E-state index in [-0.39, 0.29) is 0 Å². The van der Waals surface area contributed by atoms with Crippen LogP contribution in [-0.2, 0) is 9.53 Å². The second-order valence-corrected chi connectivity index (χ2v) is 6.60. The van der Waals surface area contributed by atoms with Gasteiger partial charge in [-0.1, -0.05) is 12.8 Å². The molecule has 6 heteroatoms. The number of carbonyl (C=O) groups excluding carboxylic acids is 1. The molecule has 0 amide bonds. The molecule has 132 valence electrons. The van der Waals surface area contributed by atoms with Gasteiger partial charge in [0.1, 0.15) is 5.82 Å². The first-order valence-electron chi connectivity index (χ1n) is 8.60. The third-order valence-electron chi connectivity index (χ3n) is 4.29. The van der Waals surface area contributed by atoms with Gasteiger partial charge in [0.15, 0.2) is 0 Å². The van der Waals surface area contributed by atoms with Crippen molar-refractivity contribution in [3.63, 3.8) is 0 Å². The van der Waals surface area contributed by atoms with E-state index in [0.29, 0.717) is 11.7 Å². The van der Waals surface area contributed by atoms with Crippen LogP contribution in [0.1, 0.15) is 38.3 Å². The van der Waals surface area contributed by atoms with Gasteiger partial charge >= 0.3 is 5.97 Å². The number of ether oxygens (including phenoxy) is 1. The van der Waals surface area contributed by atoms with Gasteiger partial charge in [-0.2, -0.15) is 0 Å². The Kier molecular flexibility index (Phi) is 7.18. The molecule has 1 aliphatic rings. The maximum absolute atomic E-state index is 11.0. The van der Waals surface area contributed by atoms with Crippen molar-refractivity contribution in [2.45, 2.75) is 38.6 Å². The van der Waals surface area contributed by atoms with E-state index < -0.39 is 5.97 Å². The molecule has 1 N–H and O–H groups in total. The van der Waals surface area contributed by atoms with E-state index in [0.717, 1.165) is 18.3 Å². The third kappa shape index (κ3) is 6.28. The Morgan fingerprint density at radius 1 is 1.42 bits per heavy atom. The maximum atomic E-state index is 11.0. The van der Waals surface area contributed by atoms with E-state index in [9.17, 15) is 4.79 Å². The lowest BCUT2D eigenvalue weighted by molar-refractivity contribution is -0.134. The van der Waals surface area contributed by atoms with E-state index >= 15 is 0 Å².